The number of halogens is 1. The number of rotatable bonds is 5. The molecule has 2 heterocycles. The Bertz CT molecular complexity index is 878. The number of benzene rings is 1. The second-order valence-corrected chi connectivity index (χ2v) is 4.89. The summed E-state index contributed by atoms with van der Waals surface area (Å²) in [5, 5.41) is 25.9. The second kappa shape index (κ2) is 5.91. The molecule has 0 fully saturated rings. The van der Waals surface area contributed by atoms with Gasteiger partial charge in [0.15, 0.2) is 11.3 Å². The minimum atomic E-state index is -1.12. The topological polar surface area (TPSA) is 99.8 Å². The lowest BCUT2D eigenvalue weighted by atomic mass is 10.1. The number of nitrogens with zero attached hydrogens (tertiary/aromatic N) is 3. The van der Waals surface area contributed by atoms with E-state index in [1.54, 1.807) is 12.1 Å². The average molecular weight is 316 g/mol. The van der Waals surface area contributed by atoms with E-state index >= 15 is 0 Å². The molecule has 3 rings (SSSR count). The Labute approximate surface area is 130 Å². The minimum absolute atomic E-state index is 0.0272. The number of aromatic nitrogens is 3. The lowest BCUT2D eigenvalue weighted by Gasteiger charge is -2.08. The maximum absolute atomic E-state index is 13.1. The molecular weight excluding hydrogens is 303 g/mol. The number of nitrogens with one attached hydrogen (secondary N) is 1. The van der Waals surface area contributed by atoms with Crippen LogP contribution < -0.4 is 5.32 Å². The maximum atomic E-state index is 13.1. The standard InChI is InChI=1S/C15H13FN4O3/c16-10-1-2-12(21)9(7-10)5-6-17-13-3-4-14-18-8-11(15(22)23)20(14)19-13/h1-4,7-8,21H,5-6H2,(H,17,19)(H,22,23). The molecule has 118 valence electrons. The number of hydrogen-bond donors (Lipinski definition) is 3. The zero-order valence-electron chi connectivity index (χ0n) is 11.9. The van der Waals surface area contributed by atoms with Gasteiger partial charge in [-0.15, -0.1) is 5.10 Å². The van der Waals surface area contributed by atoms with Crippen molar-refractivity contribution in [1.29, 1.82) is 0 Å². The first-order valence-corrected chi connectivity index (χ1v) is 6.84. The molecule has 0 bridgehead atoms. The number of phenols is 1. The molecule has 1 aromatic carbocycles. The van der Waals surface area contributed by atoms with E-state index in [0.717, 1.165) is 0 Å². The van der Waals surface area contributed by atoms with Gasteiger partial charge in [-0.1, -0.05) is 0 Å². The quantitative estimate of drug-likeness (QED) is 0.665. The number of aromatic hydroxyl groups is 1. The van der Waals surface area contributed by atoms with E-state index in [1.165, 1.54) is 28.9 Å². The van der Waals surface area contributed by atoms with Gasteiger partial charge < -0.3 is 15.5 Å². The molecule has 0 aliphatic rings. The Morgan fingerprint density at radius 2 is 2.13 bits per heavy atom. The van der Waals surface area contributed by atoms with E-state index in [0.29, 0.717) is 30.0 Å². The first-order chi connectivity index (χ1) is 11.0. The van der Waals surface area contributed by atoms with Gasteiger partial charge in [-0.2, -0.15) is 0 Å². The van der Waals surface area contributed by atoms with Gasteiger partial charge >= 0.3 is 5.97 Å². The van der Waals surface area contributed by atoms with Gasteiger partial charge in [-0.05, 0) is 42.3 Å². The summed E-state index contributed by atoms with van der Waals surface area (Å²) in [5.74, 6) is -1.05. The normalized spacial score (nSPS) is 10.8. The van der Waals surface area contributed by atoms with Crippen LogP contribution in [0.4, 0.5) is 10.2 Å². The van der Waals surface area contributed by atoms with E-state index in [4.69, 9.17) is 5.11 Å². The number of imidazole rings is 1. The fourth-order valence-electron chi connectivity index (χ4n) is 2.19. The predicted octanol–water partition coefficient (Wildman–Crippen LogP) is 1.93. The monoisotopic (exact) mass is 316 g/mol. The summed E-state index contributed by atoms with van der Waals surface area (Å²) >= 11 is 0. The molecule has 0 aliphatic carbocycles. The van der Waals surface area contributed by atoms with E-state index in [9.17, 15) is 14.3 Å². The lowest BCUT2D eigenvalue weighted by molar-refractivity contribution is 0.0688. The van der Waals surface area contributed by atoms with Gasteiger partial charge in [-0.25, -0.2) is 18.7 Å². The van der Waals surface area contributed by atoms with Crippen molar-refractivity contribution in [2.24, 2.45) is 0 Å². The number of phenolic OH excluding ortho intramolecular Hbond substituents is 1. The van der Waals surface area contributed by atoms with Gasteiger partial charge in [0.1, 0.15) is 17.4 Å². The molecule has 3 N–H and O–H groups in total. The molecule has 0 saturated heterocycles. The zero-order chi connectivity index (χ0) is 16.4. The van der Waals surface area contributed by atoms with Gasteiger partial charge in [-0.3, -0.25) is 0 Å². The summed E-state index contributed by atoms with van der Waals surface area (Å²) in [6, 6.07) is 7.07. The highest BCUT2D eigenvalue weighted by atomic mass is 19.1. The third kappa shape index (κ3) is 3.05. The number of anilines is 1. The Morgan fingerprint density at radius 3 is 2.91 bits per heavy atom. The fraction of sp³-hybridized carbons (Fsp3) is 0.133. The van der Waals surface area contributed by atoms with Crippen LogP contribution in [0.5, 0.6) is 5.75 Å². The van der Waals surface area contributed by atoms with Gasteiger partial charge in [0, 0.05) is 6.54 Å². The third-order valence-corrected chi connectivity index (χ3v) is 3.32. The SMILES string of the molecule is O=C(O)c1cnc2ccc(NCCc3cc(F)ccc3O)nn12. The first kappa shape index (κ1) is 14.8. The number of fused-ring (bicyclic) bond motifs is 1. The second-order valence-electron chi connectivity index (χ2n) is 4.89. The van der Waals surface area contributed by atoms with E-state index < -0.39 is 11.8 Å². The summed E-state index contributed by atoms with van der Waals surface area (Å²) < 4.78 is 14.4. The molecule has 0 atom stereocenters. The minimum Gasteiger partial charge on any atom is -0.508 e. The predicted molar refractivity (Wildman–Crippen MR) is 80.2 cm³/mol. The molecule has 0 saturated carbocycles. The Morgan fingerprint density at radius 1 is 1.30 bits per heavy atom. The molecule has 0 amide bonds. The van der Waals surface area contributed by atoms with Crippen LogP contribution in [0, 0.1) is 5.82 Å². The first-order valence-electron chi connectivity index (χ1n) is 6.84. The Balaban J connectivity index is 1.73. The van der Waals surface area contributed by atoms with Crippen molar-refractivity contribution in [3.63, 3.8) is 0 Å². The molecular formula is C15H13FN4O3. The van der Waals surface area contributed by atoms with Crippen LogP contribution in [0.25, 0.3) is 5.65 Å². The summed E-state index contributed by atoms with van der Waals surface area (Å²) in [7, 11) is 0. The molecule has 0 unspecified atom stereocenters. The van der Waals surface area contributed by atoms with Crippen LogP contribution in [0.15, 0.2) is 36.5 Å². The van der Waals surface area contributed by atoms with Gasteiger partial charge in [0.2, 0.25) is 0 Å². The zero-order valence-corrected chi connectivity index (χ0v) is 11.9. The summed E-state index contributed by atoms with van der Waals surface area (Å²) in [5.41, 5.74) is 0.870. The maximum Gasteiger partial charge on any atom is 0.356 e. The number of carboxylic acid groups (broad SMARTS) is 1. The lowest BCUT2D eigenvalue weighted by Crippen LogP contribution is -2.10. The molecule has 8 heteroatoms. The van der Waals surface area contributed by atoms with Crippen LogP contribution in [-0.4, -0.2) is 37.3 Å². The molecule has 3 aromatic rings. The van der Waals surface area contributed by atoms with Crippen molar-refractivity contribution in [3.05, 3.63) is 53.6 Å². The van der Waals surface area contributed by atoms with Crippen molar-refractivity contribution in [3.8, 4) is 5.75 Å². The fourth-order valence-corrected chi connectivity index (χ4v) is 2.19. The molecule has 7 nitrogen and oxygen atoms in total. The van der Waals surface area contributed by atoms with E-state index in [2.05, 4.69) is 15.4 Å². The highest BCUT2D eigenvalue weighted by Gasteiger charge is 2.11. The summed E-state index contributed by atoms with van der Waals surface area (Å²) in [6.07, 6.45) is 1.62. The van der Waals surface area contributed by atoms with Crippen molar-refractivity contribution in [2.75, 3.05) is 11.9 Å². The van der Waals surface area contributed by atoms with Crippen molar-refractivity contribution in [2.45, 2.75) is 6.42 Å². The Kier molecular flexibility index (Phi) is 3.80. The van der Waals surface area contributed by atoms with E-state index in [-0.39, 0.29) is 11.4 Å². The van der Waals surface area contributed by atoms with Gasteiger partial charge in [0.05, 0.1) is 6.20 Å². The summed E-state index contributed by atoms with van der Waals surface area (Å²) in [6.45, 7) is 0.395. The molecule has 0 radical (unpaired) electrons. The van der Waals surface area contributed by atoms with Gasteiger partial charge in [0.25, 0.3) is 0 Å². The van der Waals surface area contributed by atoms with Crippen LogP contribution in [0.3, 0.4) is 0 Å². The van der Waals surface area contributed by atoms with Crippen LogP contribution >= 0.6 is 0 Å². The molecule has 23 heavy (non-hydrogen) atoms. The van der Waals surface area contributed by atoms with Crippen molar-refractivity contribution < 1.29 is 19.4 Å². The van der Waals surface area contributed by atoms with Crippen LogP contribution in [0.1, 0.15) is 16.1 Å². The smallest absolute Gasteiger partial charge is 0.356 e. The highest BCUT2D eigenvalue weighted by Crippen LogP contribution is 2.18. The largest absolute Gasteiger partial charge is 0.508 e. The number of carbonyl (C=O) groups is 1. The molecule has 0 aliphatic heterocycles. The number of carboxylic acids is 1. The number of aromatic carboxylic acids is 1. The average Bonchev–Trinajstić information content (AvgIpc) is 2.94. The van der Waals surface area contributed by atoms with Crippen molar-refractivity contribution >= 4 is 17.4 Å². The van der Waals surface area contributed by atoms with E-state index in [1.807, 2.05) is 0 Å². The van der Waals surface area contributed by atoms with Crippen LogP contribution in [-0.2, 0) is 6.42 Å². The number of hydrogen-bond acceptors (Lipinski definition) is 5. The highest BCUT2D eigenvalue weighted by molar-refractivity contribution is 5.86. The van der Waals surface area contributed by atoms with Crippen LogP contribution in [0.2, 0.25) is 0 Å². The molecule has 2 aromatic heterocycles. The molecule has 0 spiro atoms. The Hall–Kier alpha value is -3.16. The third-order valence-electron chi connectivity index (χ3n) is 3.32. The van der Waals surface area contributed by atoms with Crippen molar-refractivity contribution in [1.82, 2.24) is 14.6 Å². The summed E-state index contributed by atoms with van der Waals surface area (Å²) in [4.78, 5) is 15.0.